The van der Waals surface area contributed by atoms with Gasteiger partial charge in [-0.15, -0.1) is 0 Å². The second kappa shape index (κ2) is 6.62. The van der Waals surface area contributed by atoms with E-state index in [0.717, 1.165) is 5.56 Å². The number of para-hydroxylation sites is 1. The molecular formula is C16H15N3O3. The topological polar surface area (TPSA) is 84.6 Å². The molecule has 2 aromatic carbocycles. The summed E-state index contributed by atoms with van der Waals surface area (Å²) in [4.78, 5) is 22.6. The van der Waals surface area contributed by atoms with Crippen molar-refractivity contribution in [2.75, 3.05) is 0 Å². The minimum Gasteiger partial charge on any atom is -0.267 e. The van der Waals surface area contributed by atoms with Crippen molar-refractivity contribution >= 4 is 17.3 Å². The first-order valence-electron chi connectivity index (χ1n) is 6.64. The third-order valence-corrected chi connectivity index (χ3v) is 3.21. The van der Waals surface area contributed by atoms with E-state index in [9.17, 15) is 14.9 Å². The van der Waals surface area contributed by atoms with Crippen LogP contribution in [0.25, 0.3) is 0 Å². The second-order valence-electron chi connectivity index (χ2n) is 4.73. The van der Waals surface area contributed by atoms with E-state index >= 15 is 0 Å². The van der Waals surface area contributed by atoms with E-state index in [1.165, 1.54) is 6.07 Å². The van der Waals surface area contributed by atoms with E-state index in [2.05, 4.69) is 10.5 Å². The number of carbonyl (C=O) groups excluding carboxylic acids is 1. The van der Waals surface area contributed by atoms with E-state index in [4.69, 9.17) is 0 Å². The Morgan fingerprint density at radius 3 is 2.32 bits per heavy atom. The maximum Gasteiger partial charge on any atom is 0.278 e. The lowest BCUT2D eigenvalue weighted by Gasteiger charge is -2.05. The number of benzene rings is 2. The van der Waals surface area contributed by atoms with Gasteiger partial charge in [-0.05, 0) is 31.5 Å². The molecule has 0 aromatic heterocycles. The van der Waals surface area contributed by atoms with Crippen LogP contribution in [0.5, 0.6) is 0 Å². The van der Waals surface area contributed by atoms with Gasteiger partial charge in [-0.25, -0.2) is 5.43 Å². The van der Waals surface area contributed by atoms with E-state index in [0.29, 0.717) is 16.8 Å². The standard InChI is InChI=1S/C16H15N3O3/c1-11-7-3-4-8-13(11)16(20)18-17-12(2)14-9-5-6-10-15(14)19(21)22/h3-10H,1-2H3,(H,18,20)/b17-12-. The molecule has 6 heteroatoms. The molecule has 0 radical (unpaired) electrons. The Labute approximate surface area is 127 Å². The summed E-state index contributed by atoms with van der Waals surface area (Å²) < 4.78 is 0. The Kier molecular flexibility index (Phi) is 4.63. The Hall–Kier alpha value is -3.02. The zero-order valence-corrected chi connectivity index (χ0v) is 12.2. The molecule has 0 heterocycles. The van der Waals surface area contributed by atoms with Crippen LogP contribution < -0.4 is 5.43 Å². The lowest BCUT2D eigenvalue weighted by molar-refractivity contribution is -0.385. The lowest BCUT2D eigenvalue weighted by atomic mass is 10.1. The smallest absolute Gasteiger partial charge is 0.267 e. The van der Waals surface area contributed by atoms with Gasteiger partial charge < -0.3 is 0 Å². The number of carbonyl (C=O) groups is 1. The molecule has 0 fully saturated rings. The predicted molar refractivity (Wildman–Crippen MR) is 84.0 cm³/mol. The van der Waals surface area contributed by atoms with Gasteiger partial charge in [0.2, 0.25) is 0 Å². The van der Waals surface area contributed by atoms with Crippen LogP contribution in [0.2, 0.25) is 0 Å². The maximum atomic E-state index is 12.1. The fraction of sp³-hybridized carbons (Fsp3) is 0.125. The molecule has 22 heavy (non-hydrogen) atoms. The van der Waals surface area contributed by atoms with Crippen molar-refractivity contribution in [3.05, 3.63) is 75.3 Å². The van der Waals surface area contributed by atoms with Crippen LogP contribution in [0.3, 0.4) is 0 Å². The van der Waals surface area contributed by atoms with Crippen molar-refractivity contribution in [2.24, 2.45) is 5.10 Å². The Morgan fingerprint density at radius 2 is 1.68 bits per heavy atom. The van der Waals surface area contributed by atoms with E-state index in [1.807, 2.05) is 19.1 Å². The fourth-order valence-corrected chi connectivity index (χ4v) is 2.02. The molecule has 0 saturated carbocycles. The van der Waals surface area contributed by atoms with Crippen LogP contribution in [0.1, 0.15) is 28.4 Å². The zero-order valence-electron chi connectivity index (χ0n) is 12.2. The van der Waals surface area contributed by atoms with Gasteiger partial charge in [0, 0.05) is 11.6 Å². The lowest BCUT2D eigenvalue weighted by Crippen LogP contribution is -2.20. The SMILES string of the molecule is C/C(=N/NC(=O)c1ccccc1C)c1ccccc1[N+](=O)[O-]. The molecule has 1 N–H and O–H groups in total. The van der Waals surface area contributed by atoms with E-state index in [1.54, 1.807) is 37.3 Å². The maximum absolute atomic E-state index is 12.1. The predicted octanol–water partition coefficient (Wildman–Crippen LogP) is 3.06. The van der Waals surface area contributed by atoms with Gasteiger partial charge in [0.15, 0.2) is 0 Å². The molecule has 0 bridgehead atoms. The molecule has 0 atom stereocenters. The summed E-state index contributed by atoms with van der Waals surface area (Å²) >= 11 is 0. The third kappa shape index (κ3) is 3.35. The minimum atomic E-state index is -0.475. The number of nitro benzene ring substituents is 1. The Balaban J connectivity index is 2.22. The van der Waals surface area contributed by atoms with Crippen LogP contribution in [0, 0.1) is 17.0 Å². The van der Waals surface area contributed by atoms with Gasteiger partial charge >= 0.3 is 0 Å². The van der Waals surface area contributed by atoms with Gasteiger partial charge in [0.25, 0.3) is 11.6 Å². The number of aryl methyl sites for hydroxylation is 1. The van der Waals surface area contributed by atoms with Crippen molar-refractivity contribution < 1.29 is 9.72 Å². The number of nitro groups is 1. The number of hydrogen-bond donors (Lipinski definition) is 1. The molecule has 2 aromatic rings. The van der Waals surface area contributed by atoms with Crippen LogP contribution in [-0.4, -0.2) is 16.5 Å². The summed E-state index contributed by atoms with van der Waals surface area (Å²) in [5, 5.41) is 15.0. The van der Waals surface area contributed by atoms with Gasteiger partial charge in [-0.1, -0.05) is 30.3 Å². The summed E-state index contributed by atoms with van der Waals surface area (Å²) in [7, 11) is 0. The molecule has 0 unspecified atom stereocenters. The van der Waals surface area contributed by atoms with Crippen molar-refractivity contribution in [1.29, 1.82) is 0 Å². The monoisotopic (exact) mass is 297 g/mol. The first-order chi connectivity index (χ1) is 10.5. The summed E-state index contributed by atoms with van der Waals surface area (Å²) in [5.74, 6) is -0.351. The van der Waals surface area contributed by atoms with E-state index < -0.39 is 4.92 Å². The Morgan fingerprint density at radius 1 is 1.09 bits per heavy atom. The quantitative estimate of drug-likeness (QED) is 0.534. The molecule has 6 nitrogen and oxygen atoms in total. The molecule has 0 aliphatic heterocycles. The van der Waals surface area contributed by atoms with E-state index in [-0.39, 0.29) is 11.6 Å². The summed E-state index contributed by atoms with van der Waals surface area (Å²) in [6, 6.07) is 13.4. The molecule has 0 aliphatic rings. The minimum absolute atomic E-state index is 0.0473. The highest BCUT2D eigenvalue weighted by molar-refractivity contribution is 6.03. The molecular weight excluding hydrogens is 282 g/mol. The highest BCUT2D eigenvalue weighted by Gasteiger charge is 2.15. The van der Waals surface area contributed by atoms with Crippen LogP contribution in [-0.2, 0) is 0 Å². The Bertz CT molecular complexity index is 754. The van der Waals surface area contributed by atoms with Gasteiger partial charge in [0.05, 0.1) is 16.2 Å². The normalized spacial score (nSPS) is 11.1. The van der Waals surface area contributed by atoms with Crippen LogP contribution >= 0.6 is 0 Å². The van der Waals surface area contributed by atoms with Crippen molar-refractivity contribution in [3.63, 3.8) is 0 Å². The van der Waals surface area contributed by atoms with Crippen LogP contribution in [0.4, 0.5) is 5.69 Å². The van der Waals surface area contributed by atoms with Crippen LogP contribution in [0.15, 0.2) is 53.6 Å². The highest BCUT2D eigenvalue weighted by atomic mass is 16.6. The number of nitrogens with one attached hydrogen (secondary N) is 1. The highest BCUT2D eigenvalue weighted by Crippen LogP contribution is 2.18. The zero-order chi connectivity index (χ0) is 16.1. The molecule has 0 saturated heterocycles. The average Bonchev–Trinajstić information content (AvgIpc) is 2.52. The largest absolute Gasteiger partial charge is 0.278 e. The number of hydrogen-bond acceptors (Lipinski definition) is 4. The molecule has 0 spiro atoms. The van der Waals surface area contributed by atoms with Crippen molar-refractivity contribution in [2.45, 2.75) is 13.8 Å². The summed E-state index contributed by atoms with van der Waals surface area (Å²) in [6.07, 6.45) is 0. The molecule has 1 amide bonds. The first-order valence-corrected chi connectivity index (χ1v) is 6.64. The third-order valence-electron chi connectivity index (χ3n) is 3.21. The average molecular weight is 297 g/mol. The molecule has 0 aliphatic carbocycles. The molecule has 112 valence electrons. The van der Waals surface area contributed by atoms with Gasteiger partial charge in [-0.3, -0.25) is 14.9 Å². The van der Waals surface area contributed by atoms with Crippen molar-refractivity contribution in [1.82, 2.24) is 5.43 Å². The number of hydrazone groups is 1. The summed E-state index contributed by atoms with van der Waals surface area (Å²) in [5.41, 5.74) is 4.47. The second-order valence-corrected chi connectivity index (χ2v) is 4.73. The summed E-state index contributed by atoms with van der Waals surface area (Å²) in [6.45, 7) is 3.44. The fourth-order valence-electron chi connectivity index (χ4n) is 2.02. The number of amides is 1. The first kappa shape index (κ1) is 15.4. The van der Waals surface area contributed by atoms with Crippen molar-refractivity contribution in [3.8, 4) is 0 Å². The number of rotatable bonds is 4. The number of nitrogens with zero attached hydrogens (tertiary/aromatic N) is 2. The van der Waals surface area contributed by atoms with Gasteiger partial charge in [-0.2, -0.15) is 5.10 Å². The molecule has 2 rings (SSSR count). The van der Waals surface area contributed by atoms with Gasteiger partial charge in [0.1, 0.15) is 0 Å².